The van der Waals surface area contributed by atoms with Crippen LogP contribution in [0, 0.1) is 0 Å². The summed E-state index contributed by atoms with van der Waals surface area (Å²) in [6.45, 7) is 2.05. The predicted octanol–water partition coefficient (Wildman–Crippen LogP) is 3.45. The standard InChI is InChI=1S/C12H13N3O3S2/c1-3-18-11(17)10-6-4-5-7(14-15-13)9(16)8(6)12(19-2)20-10/h7H,3-5H2,1-2H3. The Morgan fingerprint density at radius 2 is 2.40 bits per heavy atom. The number of ether oxygens (including phenoxy) is 1. The predicted molar refractivity (Wildman–Crippen MR) is 77.6 cm³/mol. The Hall–Kier alpha value is -1.50. The second kappa shape index (κ2) is 6.30. The number of ketones is 1. The Balaban J connectivity index is 2.48. The quantitative estimate of drug-likeness (QED) is 0.280. The Labute approximate surface area is 124 Å². The molecule has 1 aliphatic rings. The van der Waals surface area contributed by atoms with Crippen LogP contribution in [0.2, 0.25) is 0 Å². The number of fused-ring (bicyclic) bond motifs is 1. The molecule has 1 heterocycles. The summed E-state index contributed by atoms with van der Waals surface area (Å²) in [5.41, 5.74) is 9.78. The van der Waals surface area contributed by atoms with E-state index in [1.807, 2.05) is 6.26 Å². The first-order valence-electron chi connectivity index (χ1n) is 6.09. The average Bonchev–Trinajstić information content (AvgIpc) is 2.82. The molecule has 6 nitrogen and oxygen atoms in total. The molecule has 0 amide bonds. The van der Waals surface area contributed by atoms with Crippen molar-refractivity contribution in [1.29, 1.82) is 0 Å². The minimum atomic E-state index is -0.664. The number of azide groups is 1. The van der Waals surface area contributed by atoms with Gasteiger partial charge >= 0.3 is 5.97 Å². The number of hydrogen-bond acceptors (Lipinski definition) is 6. The molecule has 20 heavy (non-hydrogen) atoms. The summed E-state index contributed by atoms with van der Waals surface area (Å²) >= 11 is 2.70. The first-order valence-corrected chi connectivity index (χ1v) is 8.13. The molecule has 1 aliphatic carbocycles. The SMILES string of the molecule is CCOC(=O)c1sc(SC)c2c1CCC(N=[N+]=[N-])C2=O. The van der Waals surface area contributed by atoms with Crippen LogP contribution in [0.4, 0.5) is 0 Å². The molecule has 1 aromatic heterocycles. The van der Waals surface area contributed by atoms with Gasteiger partial charge in [0.2, 0.25) is 0 Å². The van der Waals surface area contributed by atoms with E-state index in [0.29, 0.717) is 29.9 Å². The van der Waals surface area contributed by atoms with Gasteiger partial charge in [0.15, 0.2) is 5.78 Å². The van der Waals surface area contributed by atoms with Crippen molar-refractivity contribution in [2.45, 2.75) is 30.0 Å². The van der Waals surface area contributed by atoms with Gasteiger partial charge in [0.05, 0.1) is 10.8 Å². The van der Waals surface area contributed by atoms with Crippen LogP contribution >= 0.6 is 23.1 Å². The van der Waals surface area contributed by atoms with Crippen LogP contribution in [0.25, 0.3) is 10.4 Å². The van der Waals surface area contributed by atoms with Crippen molar-refractivity contribution in [3.63, 3.8) is 0 Å². The molecule has 1 atom stereocenters. The fourth-order valence-electron chi connectivity index (χ4n) is 2.19. The molecule has 106 valence electrons. The fraction of sp³-hybridized carbons (Fsp3) is 0.500. The van der Waals surface area contributed by atoms with Gasteiger partial charge in [-0.3, -0.25) is 4.79 Å². The van der Waals surface area contributed by atoms with E-state index in [2.05, 4.69) is 10.0 Å². The van der Waals surface area contributed by atoms with Crippen molar-refractivity contribution in [1.82, 2.24) is 0 Å². The summed E-state index contributed by atoms with van der Waals surface area (Å²) in [6.07, 6.45) is 2.84. The Morgan fingerprint density at radius 3 is 3.00 bits per heavy atom. The summed E-state index contributed by atoms with van der Waals surface area (Å²) in [6, 6.07) is -0.664. The molecule has 0 N–H and O–H groups in total. The Kier molecular flexibility index (Phi) is 4.69. The lowest BCUT2D eigenvalue weighted by atomic mass is 9.89. The van der Waals surface area contributed by atoms with E-state index in [1.54, 1.807) is 6.92 Å². The highest BCUT2D eigenvalue weighted by molar-refractivity contribution is 8.00. The van der Waals surface area contributed by atoms with Crippen molar-refractivity contribution in [3.8, 4) is 0 Å². The molecule has 0 radical (unpaired) electrons. The number of esters is 1. The number of nitrogens with zero attached hydrogens (tertiary/aromatic N) is 3. The molecule has 0 spiro atoms. The van der Waals surface area contributed by atoms with Gasteiger partial charge in [0.25, 0.3) is 0 Å². The van der Waals surface area contributed by atoms with Crippen LogP contribution < -0.4 is 0 Å². The summed E-state index contributed by atoms with van der Waals surface area (Å²) in [7, 11) is 0. The Morgan fingerprint density at radius 1 is 1.65 bits per heavy atom. The molecule has 8 heteroatoms. The van der Waals surface area contributed by atoms with Crippen LogP contribution in [0.1, 0.15) is 38.9 Å². The van der Waals surface area contributed by atoms with E-state index in [4.69, 9.17) is 10.3 Å². The number of carbonyl (C=O) groups is 2. The van der Waals surface area contributed by atoms with Gasteiger partial charge in [-0.1, -0.05) is 5.11 Å². The van der Waals surface area contributed by atoms with E-state index in [0.717, 1.165) is 9.77 Å². The maximum Gasteiger partial charge on any atom is 0.348 e. The molecular weight excluding hydrogens is 298 g/mol. The molecule has 1 aromatic rings. The monoisotopic (exact) mass is 311 g/mol. The summed E-state index contributed by atoms with van der Waals surface area (Å²) in [4.78, 5) is 27.5. The highest BCUT2D eigenvalue weighted by Gasteiger charge is 2.34. The molecule has 0 aliphatic heterocycles. The zero-order valence-electron chi connectivity index (χ0n) is 11.1. The van der Waals surface area contributed by atoms with Crippen molar-refractivity contribution < 1.29 is 14.3 Å². The molecule has 0 saturated carbocycles. The lowest BCUT2D eigenvalue weighted by Gasteiger charge is -2.18. The van der Waals surface area contributed by atoms with Crippen LogP contribution in [0.5, 0.6) is 0 Å². The van der Waals surface area contributed by atoms with E-state index in [9.17, 15) is 9.59 Å². The second-order valence-electron chi connectivity index (χ2n) is 4.12. The lowest BCUT2D eigenvalue weighted by Crippen LogP contribution is -2.26. The summed E-state index contributed by atoms with van der Waals surface area (Å²) < 4.78 is 5.81. The third-order valence-corrected chi connectivity index (χ3v) is 5.36. The number of rotatable bonds is 4. The lowest BCUT2D eigenvalue weighted by molar-refractivity contribution is 0.0531. The van der Waals surface area contributed by atoms with Crippen LogP contribution in [0.15, 0.2) is 9.32 Å². The summed E-state index contributed by atoms with van der Waals surface area (Å²) in [5, 5.41) is 3.54. The second-order valence-corrected chi connectivity index (χ2v) is 6.22. The van der Waals surface area contributed by atoms with Crippen LogP contribution in [0.3, 0.4) is 0 Å². The average molecular weight is 311 g/mol. The molecular formula is C12H13N3O3S2. The van der Waals surface area contributed by atoms with E-state index in [-0.39, 0.29) is 11.8 Å². The van der Waals surface area contributed by atoms with E-state index in [1.165, 1.54) is 23.1 Å². The topological polar surface area (TPSA) is 92.1 Å². The van der Waals surface area contributed by atoms with Crippen molar-refractivity contribution in [3.05, 3.63) is 26.4 Å². The molecule has 0 saturated heterocycles. The highest BCUT2D eigenvalue weighted by Crippen LogP contribution is 2.40. The minimum absolute atomic E-state index is 0.194. The van der Waals surface area contributed by atoms with Crippen molar-refractivity contribution in [2.75, 3.05) is 12.9 Å². The maximum atomic E-state index is 12.4. The minimum Gasteiger partial charge on any atom is -0.462 e. The smallest absolute Gasteiger partial charge is 0.348 e. The number of thioether (sulfide) groups is 1. The van der Waals surface area contributed by atoms with Gasteiger partial charge in [-0.05, 0) is 37.1 Å². The first kappa shape index (κ1) is 14.9. The maximum absolute atomic E-state index is 12.4. The first-order chi connectivity index (χ1) is 9.63. The van der Waals surface area contributed by atoms with Crippen molar-refractivity contribution >= 4 is 34.9 Å². The molecule has 0 aromatic carbocycles. The van der Waals surface area contributed by atoms with E-state index >= 15 is 0 Å². The van der Waals surface area contributed by atoms with Gasteiger partial charge in [0.1, 0.15) is 10.9 Å². The van der Waals surface area contributed by atoms with Gasteiger partial charge in [-0.25, -0.2) is 4.79 Å². The highest BCUT2D eigenvalue weighted by atomic mass is 32.2. The van der Waals surface area contributed by atoms with Crippen LogP contribution in [-0.2, 0) is 11.2 Å². The number of hydrogen-bond donors (Lipinski definition) is 0. The molecule has 0 bridgehead atoms. The largest absolute Gasteiger partial charge is 0.462 e. The Bertz CT molecular complexity index is 605. The zero-order chi connectivity index (χ0) is 14.7. The number of carbonyl (C=O) groups excluding carboxylic acids is 2. The van der Waals surface area contributed by atoms with Gasteiger partial charge in [0, 0.05) is 10.5 Å². The third-order valence-electron chi connectivity index (χ3n) is 3.03. The number of Topliss-reactive ketones (excluding diaryl/α,β-unsaturated/α-hetero) is 1. The van der Waals surface area contributed by atoms with Gasteiger partial charge < -0.3 is 4.74 Å². The van der Waals surface area contributed by atoms with Crippen LogP contribution in [-0.4, -0.2) is 30.7 Å². The van der Waals surface area contributed by atoms with Gasteiger partial charge in [-0.15, -0.1) is 23.1 Å². The summed E-state index contributed by atoms with van der Waals surface area (Å²) in [5.74, 6) is -0.579. The number of thiophene rings is 1. The normalized spacial score (nSPS) is 17.3. The zero-order valence-corrected chi connectivity index (χ0v) is 12.7. The van der Waals surface area contributed by atoms with E-state index < -0.39 is 6.04 Å². The van der Waals surface area contributed by atoms with Gasteiger partial charge in [-0.2, -0.15) is 0 Å². The fourth-order valence-corrected chi connectivity index (χ4v) is 4.18. The third kappa shape index (κ3) is 2.54. The molecule has 1 unspecified atom stereocenters. The van der Waals surface area contributed by atoms with Crippen molar-refractivity contribution in [2.24, 2.45) is 5.11 Å². The molecule has 0 fully saturated rings. The molecule has 2 rings (SSSR count).